The van der Waals surface area contributed by atoms with E-state index in [0.29, 0.717) is 0 Å². The van der Waals surface area contributed by atoms with Gasteiger partial charge in [0.1, 0.15) is 6.04 Å². The van der Waals surface area contributed by atoms with Gasteiger partial charge in [-0.2, -0.15) is 0 Å². The Hall–Kier alpha value is -1.35. The highest BCUT2D eigenvalue weighted by molar-refractivity contribution is 5.76. The highest BCUT2D eigenvalue weighted by atomic mass is 16.4. The normalized spacial score (nSPS) is 12.8. The van der Waals surface area contributed by atoms with Crippen LogP contribution >= 0.6 is 0 Å². The first-order valence-electron chi connectivity index (χ1n) is 5.05. The molecule has 0 fully saturated rings. The van der Waals surface area contributed by atoms with Crippen LogP contribution in [0.4, 0.5) is 0 Å². The van der Waals surface area contributed by atoms with Crippen molar-refractivity contribution in [3.63, 3.8) is 0 Å². The predicted octanol–water partition coefficient (Wildman–Crippen LogP) is 1.94. The van der Waals surface area contributed by atoms with E-state index in [2.05, 4.69) is 0 Å². The molecule has 82 valence electrons. The Labute approximate surface area is 90.3 Å². The van der Waals surface area contributed by atoms with E-state index in [1.165, 1.54) is 0 Å². The van der Waals surface area contributed by atoms with Gasteiger partial charge in [-0.3, -0.25) is 9.69 Å². The second-order valence-electron chi connectivity index (χ2n) is 3.76. The van der Waals surface area contributed by atoms with Crippen LogP contribution in [0.5, 0.6) is 0 Å². The first kappa shape index (κ1) is 11.7. The quantitative estimate of drug-likeness (QED) is 0.820. The fourth-order valence-corrected chi connectivity index (χ4v) is 1.76. The fraction of sp³-hybridized carbons (Fsp3) is 0.417. The maximum Gasteiger partial charge on any atom is 0.325 e. The molecule has 0 saturated heterocycles. The van der Waals surface area contributed by atoms with Crippen LogP contribution in [-0.2, 0) is 11.2 Å². The predicted molar refractivity (Wildman–Crippen MR) is 59.9 cm³/mol. The van der Waals surface area contributed by atoms with Crippen molar-refractivity contribution in [2.75, 3.05) is 14.1 Å². The van der Waals surface area contributed by atoms with Crippen molar-refractivity contribution in [2.45, 2.75) is 19.4 Å². The van der Waals surface area contributed by atoms with Crippen molar-refractivity contribution in [1.82, 2.24) is 4.90 Å². The van der Waals surface area contributed by atoms with Crippen LogP contribution in [0.25, 0.3) is 0 Å². The summed E-state index contributed by atoms with van der Waals surface area (Å²) >= 11 is 0. The van der Waals surface area contributed by atoms with Gasteiger partial charge in [-0.25, -0.2) is 0 Å². The van der Waals surface area contributed by atoms with Gasteiger partial charge >= 0.3 is 5.97 Å². The summed E-state index contributed by atoms with van der Waals surface area (Å²) in [5.74, 6) is -0.805. The molecule has 0 aliphatic carbocycles. The van der Waals surface area contributed by atoms with Crippen molar-refractivity contribution in [1.29, 1.82) is 0 Å². The van der Waals surface area contributed by atoms with Crippen molar-refractivity contribution in [3.05, 3.63) is 35.4 Å². The van der Waals surface area contributed by atoms with Gasteiger partial charge in [-0.05, 0) is 31.6 Å². The van der Waals surface area contributed by atoms with Crippen LogP contribution in [0.3, 0.4) is 0 Å². The number of benzene rings is 1. The van der Waals surface area contributed by atoms with Gasteiger partial charge in [0.2, 0.25) is 0 Å². The topological polar surface area (TPSA) is 40.5 Å². The molecule has 0 spiro atoms. The Morgan fingerprint density at radius 2 is 2.00 bits per heavy atom. The summed E-state index contributed by atoms with van der Waals surface area (Å²) < 4.78 is 0. The minimum absolute atomic E-state index is 0.554. The van der Waals surface area contributed by atoms with Crippen LogP contribution in [0, 0.1) is 0 Å². The lowest BCUT2D eigenvalue weighted by molar-refractivity contribution is -0.142. The summed E-state index contributed by atoms with van der Waals surface area (Å²) in [6, 6.07) is 7.14. The van der Waals surface area contributed by atoms with Gasteiger partial charge in [0, 0.05) is 0 Å². The molecule has 1 N–H and O–H groups in total. The summed E-state index contributed by atoms with van der Waals surface area (Å²) in [7, 11) is 3.57. The largest absolute Gasteiger partial charge is 0.480 e. The molecule has 0 aliphatic rings. The Morgan fingerprint density at radius 1 is 1.40 bits per heavy atom. The molecular formula is C12H17NO2. The summed E-state index contributed by atoms with van der Waals surface area (Å²) in [5.41, 5.74) is 1.98. The highest BCUT2D eigenvalue weighted by Crippen LogP contribution is 2.22. The summed E-state index contributed by atoms with van der Waals surface area (Å²) in [6.07, 6.45) is 0.855. The Kier molecular flexibility index (Phi) is 3.86. The molecule has 15 heavy (non-hydrogen) atoms. The summed E-state index contributed by atoms with van der Waals surface area (Å²) in [6.45, 7) is 2.04. The lowest BCUT2D eigenvalue weighted by Gasteiger charge is -2.22. The number of nitrogens with zero attached hydrogens (tertiary/aromatic N) is 1. The summed E-state index contributed by atoms with van der Waals surface area (Å²) in [4.78, 5) is 12.9. The van der Waals surface area contributed by atoms with Crippen molar-refractivity contribution in [3.8, 4) is 0 Å². The van der Waals surface area contributed by atoms with Gasteiger partial charge < -0.3 is 5.11 Å². The highest BCUT2D eigenvalue weighted by Gasteiger charge is 2.23. The van der Waals surface area contributed by atoms with Gasteiger partial charge in [-0.15, -0.1) is 0 Å². The first-order chi connectivity index (χ1) is 7.07. The maximum atomic E-state index is 11.2. The number of carbonyl (C=O) groups is 1. The molecular weight excluding hydrogens is 190 g/mol. The first-order valence-corrected chi connectivity index (χ1v) is 5.05. The van der Waals surface area contributed by atoms with Crippen molar-refractivity contribution < 1.29 is 9.90 Å². The third-order valence-electron chi connectivity index (χ3n) is 2.48. The third-order valence-corrected chi connectivity index (χ3v) is 2.48. The number of aryl methyl sites for hydroxylation is 1. The molecule has 3 heteroatoms. The maximum absolute atomic E-state index is 11.2. The molecule has 0 heterocycles. The van der Waals surface area contributed by atoms with E-state index in [1.807, 2.05) is 31.2 Å². The lowest BCUT2D eigenvalue weighted by Crippen LogP contribution is -2.28. The Balaban J connectivity index is 3.16. The SMILES string of the molecule is CCc1ccccc1[C@H](C(=O)O)N(C)C. The number of hydrogen-bond acceptors (Lipinski definition) is 2. The molecule has 0 aliphatic heterocycles. The molecule has 1 aromatic rings. The average molecular weight is 207 g/mol. The van der Waals surface area contributed by atoms with E-state index in [4.69, 9.17) is 0 Å². The molecule has 0 aromatic heterocycles. The minimum atomic E-state index is -0.805. The number of aliphatic carboxylic acids is 1. The van der Waals surface area contributed by atoms with Crippen molar-refractivity contribution >= 4 is 5.97 Å². The molecule has 0 saturated carbocycles. The number of rotatable bonds is 4. The number of carboxylic acids is 1. The zero-order chi connectivity index (χ0) is 11.4. The van der Waals surface area contributed by atoms with E-state index >= 15 is 0 Å². The second-order valence-corrected chi connectivity index (χ2v) is 3.76. The van der Waals surface area contributed by atoms with E-state index < -0.39 is 12.0 Å². The third kappa shape index (κ3) is 2.57. The van der Waals surface area contributed by atoms with Gasteiger partial charge in [-0.1, -0.05) is 31.2 Å². The molecule has 0 amide bonds. The van der Waals surface area contributed by atoms with Gasteiger partial charge in [0.05, 0.1) is 0 Å². The molecule has 1 atom stereocenters. The summed E-state index contributed by atoms with van der Waals surface area (Å²) in [5, 5.41) is 9.18. The van der Waals surface area contributed by atoms with Crippen LogP contribution < -0.4 is 0 Å². The van der Waals surface area contributed by atoms with E-state index in [1.54, 1.807) is 19.0 Å². The van der Waals surface area contributed by atoms with Crippen LogP contribution in [0.2, 0.25) is 0 Å². The van der Waals surface area contributed by atoms with E-state index in [9.17, 15) is 9.90 Å². The molecule has 0 unspecified atom stereocenters. The Bertz CT molecular complexity index is 347. The number of carboxylic acid groups (broad SMARTS) is 1. The van der Waals surface area contributed by atoms with Crippen LogP contribution in [0.1, 0.15) is 24.1 Å². The zero-order valence-corrected chi connectivity index (χ0v) is 9.40. The molecule has 3 nitrogen and oxygen atoms in total. The standard InChI is InChI=1S/C12H17NO2/c1-4-9-7-5-6-8-10(9)11(12(14)15)13(2)3/h5-8,11H,4H2,1-3H3,(H,14,15)/t11-/m1/s1. The molecule has 0 bridgehead atoms. The lowest BCUT2D eigenvalue weighted by atomic mass is 9.98. The molecule has 1 rings (SSSR count). The van der Waals surface area contributed by atoms with Crippen molar-refractivity contribution in [2.24, 2.45) is 0 Å². The number of hydrogen-bond donors (Lipinski definition) is 1. The van der Waals surface area contributed by atoms with Crippen LogP contribution in [0.15, 0.2) is 24.3 Å². The van der Waals surface area contributed by atoms with E-state index in [0.717, 1.165) is 17.5 Å². The van der Waals surface area contributed by atoms with Gasteiger partial charge in [0.15, 0.2) is 0 Å². The second kappa shape index (κ2) is 4.94. The van der Waals surface area contributed by atoms with E-state index in [-0.39, 0.29) is 0 Å². The van der Waals surface area contributed by atoms with Crippen LogP contribution in [-0.4, -0.2) is 30.1 Å². The Morgan fingerprint density at radius 3 is 2.47 bits per heavy atom. The van der Waals surface area contributed by atoms with Gasteiger partial charge in [0.25, 0.3) is 0 Å². The average Bonchev–Trinajstić information content (AvgIpc) is 2.17. The zero-order valence-electron chi connectivity index (χ0n) is 9.40. The molecule has 1 aromatic carbocycles. The fourth-order valence-electron chi connectivity index (χ4n) is 1.76. The number of likely N-dealkylation sites (N-methyl/N-ethyl adjacent to an activating group) is 1. The monoisotopic (exact) mass is 207 g/mol. The minimum Gasteiger partial charge on any atom is -0.480 e. The smallest absolute Gasteiger partial charge is 0.325 e. The molecule has 0 radical (unpaired) electrons.